The first-order chi connectivity index (χ1) is 27.1. The van der Waals surface area contributed by atoms with Crippen LogP contribution in [0, 0.1) is 29.4 Å². The Bertz CT molecular complexity index is 2710. The number of aryl methyl sites for hydroxylation is 1. The van der Waals surface area contributed by atoms with Crippen LogP contribution in [0.2, 0.25) is 5.02 Å². The number of fused-ring (bicyclic) bond motifs is 4. The molecule has 3 heterocycles. The van der Waals surface area contributed by atoms with E-state index in [-0.39, 0.29) is 46.2 Å². The summed E-state index contributed by atoms with van der Waals surface area (Å²) in [6.07, 6.45) is -4.58. The van der Waals surface area contributed by atoms with Crippen molar-refractivity contribution in [2.24, 2.45) is 13.0 Å². The van der Waals surface area contributed by atoms with Gasteiger partial charge in [0.1, 0.15) is 34.3 Å². The number of aromatic nitrogens is 5. The second kappa shape index (κ2) is 13.4. The molecule has 3 aromatic heterocycles. The number of nitrogens with zero attached hydrogens (tertiary/aromatic N) is 5. The van der Waals surface area contributed by atoms with Gasteiger partial charge in [-0.1, -0.05) is 23.6 Å². The Morgan fingerprint density at radius 3 is 2.40 bits per heavy atom. The van der Waals surface area contributed by atoms with Gasteiger partial charge in [-0.05, 0) is 87.3 Å². The molecule has 3 aliphatic rings. The van der Waals surface area contributed by atoms with E-state index in [0.29, 0.717) is 40.1 Å². The minimum absolute atomic E-state index is 0.00400. The maximum absolute atomic E-state index is 15.4. The minimum Gasteiger partial charge on any atom is -0.382 e. The van der Waals surface area contributed by atoms with Crippen LogP contribution in [0.1, 0.15) is 79.0 Å². The zero-order chi connectivity index (χ0) is 41.9. The fraction of sp³-hybridized carbons (Fsp3) is 0.385. The predicted molar refractivity (Wildman–Crippen MR) is 199 cm³/mol. The molecule has 0 spiro atoms. The normalized spacial score (nSPS) is 19.0. The van der Waals surface area contributed by atoms with Crippen molar-refractivity contribution in [3.63, 3.8) is 0 Å². The van der Waals surface area contributed by atoms with Crippen LogP contribution < -0.4 is 11.1 Å². The van der Waals surface area contributed by atoms with Gasteiger partial charge in [0, 0.05) is 35.7 Å². The van der Waals surface area contributed by atoms with Crippen LogP contribution in [0.25, 0.3) is 22.0 Å². The Morgan fingerprint density at radius 1 is 1.07 bits per heavy atom. The second-order valence-corrected chi connectivity index (χ2v) is 18.6. The molecule has 1 amide bonds. The number of alkyl halides is 5. The van der Waals surface area contributed by atoms with Crippen LogP contribution in [0.15, 0.2) is 42.5 Å². The number of hydrogen-bond acceptors (Lipinski definition) is 7. The zero-order valence-electron chi connectivity index (χ0n) is 30.9. The molecule has 8 rings (SSSR count). The molecule has 3 atom stereocenters. The average Bonchev–Trinajstić information content (AvgIpc) is 4.04. The van der Waals surface area contributed by atoms with E-state index in [1.807, 2.05) is 0 Å². The van der Waals surface area contributed by atoms with Crippen molar-refractivity contribution in [2.75, 3.05) is 5.73 Å². The van der Waals surface area contributed by atoms with Crippen molar-refractivity contribution in [2.45, 2.75) is 80.1 Å². The molecule has 0 radical (unpaired) electrons. The van der Waals surface area contributed by atoms with E-state index in [1.165, 1.54) is 30.7 Å². The number of nitrogens with two attached hydrogens (primary N) is 1. The number of carbonyl (C=O) groups excluding carboxylic acids is 1. The van der Waals surface area contributed by atoms with Crippen LogP contribution >= 0.6 is 11.6 Å². The third-order valence-corrected chi connectivity index (χ3v) is 14.1. The summed E-state index contributed by atoms with van der Waals surface area (Å²) in [6.45, 7) is 1.85. The highest BCUT2D eigenvalue weighted by Gasteiger charge is 2.68. The maximum Gasteiger partial charge on any atom is 0.435 e. The zero-order valence-corrected chi connectivity index (χ0v) is 32.4. The number of anilines is 1. The van der Waals surface area contributed by atoms with Crippen molar-refractivity contribution >= 4 is 44.1 Å². The molecule has 10 nitrogen and oxygen atoms in total. The first kappa shape index (κ1) is 39.7. The first-order valence-electron chi connectivity index (χ1n) is 18.1. The molecular weight excluding hydrogens is 815 g/mol. The van der Waals surface area contributed by atoms with E-state index in [2.05, 4.69) is 27.4 Å². The minimum atomic E-state index is -5.07. The fourth-order valence-corrected chi connectivity index (χ4v) is 9.93. The van der Waals surface area contributed by atoms with Crippen LogP contribution in [-0.4, -0.2) is 48.9 Å². The van der Waals surface area contributed by atoms with E-state index in [0.717, 1.165) is 12.1 Å². The highest BCUT2D eigenvalue weighted by molar-refractivity contribution is 7.93. The summed E-state index contributed by atoms with van der Waals surface area (Å²) in [7, 11) is -2.06. The number of carbonyl (C=O) groups is 1. The van der Waals surface area contributed by atoms with Crippen LogP contribution in [0.3, 0.4) is 0 Å². The summed E-state index contributed by atoms with van der Waals surface area (Å²) in [5, 5.41) is 10.5. The van der Waals surface area contributed by atoms with Crippen molar-refractivity contribution in [1.29, 1.82) is 0 Å². The van der Waals surface area contributed by atoms with Gasteiger partial charge in [0.05, 0.1) is 32.9 Å². The van der Waals surface area contributed by atoms with Gasteiger partial charge in [-0.25, -0.2) is 22.2 Å². The van der Waals surface area contributed by atoms with Crippen molar-refractivity contribution in [3.05, 3.63) is 93.0 Å². The second-order valence-electron chi connectivity index (χ2n) is 15.4. The molecule has 5 aromatic rings. The lowest BCUT2D eigenvalue weighted by atomic mass is 9.93. The Labute approximate surface area is 331 Å². The molecule has 1 unspecified atom stereocenters. The van der Waals surface area contributed by atoms with Crippen LogP contribution in [0.5, 0.6) is 0 Å². The van der Waals surface area contributed by atoms with Crippen LogP contribution in [-0.2, 0) is 46.7 Å². The summed E-state index contributed by atoms with van der Waals surface area (Å²) in [5.41, 5.74) is 4.24. The molecule has 2 fully saturated rings. The summed E-state index contributed by atoms with van der Waals surface area (Å²) in [6, 6.07) is 7.47. The molecular formula is C39H33ClF7N7O3S. The molecule has 2 aromatic carbocycles. The fourth-order valence-electron chi connectivity index (χ4n) is 7.89. The number of sulfone groups is 1. The topological polar surface area (TPSA) is 138 Å². The number of halogens is 8. The van der Waals surface area contributed by atoms with Crippen molar-refractivity contribution < 1.29 is 43.9 Å². The molecule has 3 N–H and O–H groups in total. The average molecular weight is 848 g/mol. The monoisotopic (exact) mass is 847 g/mol. The van der Waals surface area contributed by atoms with Crippen LogP contribution in [0.4, 0.5) is 36.6 Å². The smallest absolute Gasteiger partial charge is 0.382 e. The van der Waals surface area contributed by atoms with Gasteiger partial charge < -0.3 is 11.1 Å². The Kier molecular flexibility index (Phi) is 9.20. The van der Waals surface area contributed by atoms with E-state index >= 15 is 8.78 Å². The van der Waals surface area contributed by atoms with Gasteiger partial charge >= 0.3 is 6.18 Å². The van der Waals surface area contributed by atoms with Gasteiger partial charge in [0.2, 0.25) is 5.91 Å². The van der Waals surface area contributed by atoms with Gasteiger partial charge in [0.15, 0.2) is 21.3 Å². The Balaban J connectivity index is 1.27. The largest absolute Gasteiger partial charge is 0.435 e. The van der Waals surface area contributed by atoms with Gasteiger partial charge in [-0.2, -0.15) is 32.1 Å². The molecule has 0 bridgehead atoms. The number of nitrogens with one attached hydrogen (secondary N) is 1. The highest BCUT2D eigenvalue weighted by Crippen LogP contribution is 2.68. The summed E-state index contributed by atoms with van der Waals surface area (Å²) < 4.78 is 129. The van der Waals surface area contributed by atoms with E-state index in [4.69, 9.17) is 22.3 Å². The number of pyridine rings is 1. The molecule has 2 saturated carbocycles. The third kappa shape index (κ3) is 6.75. The highest BCUT2D eigenvalue weighted by atomic mass is 35.5. The number of nitrogen functional groups attached to an aromatic ring is 1. The third-order valence-electron chi connectivity index (χ3n) is 10.9. The molecule has 19 heteroatoms. The molecule has 304 valence electrons. The lowest BCUT2D eigenvalue weighted by Gasteiger charge is -2.23. The predicted octanol–water partition coefficient (Wildman–Crippen LogP) is 7.38. The van der Waals surface area contributed by atoms with E-state index < -0.39 is 90.8 Å². The summed E-state index contributed by atoms with van der Waals surface area (Å²) in [4.78, 5) is 18.7. The van der Waals surface area contributed by atoms with E-state index in [9.17, 15) is 35.2 Å². The molecule has 0 aliphatic heterocycles. The van der Waals surface area contributed by atoms with Gasteiger partial charge in [-0.15, -0.1) is 0 Å². The number of hydrogen-bond donors (Lipinski definition) is 2. The Morgan fingerprint density at radius 2 is 1.74 bits per heavy atom. The number of rotatable bonds is 9. The van der Waals surface area contributed by atoms with Gasteiger partial charge in [-0.3, -0.25) is 14.2 Å². The quantitative estimate of drug-likeness (QED) is 0.117. The maximum atomic E-state index is 15.4. The van der Waals surface area contributed by atoms with E-state index in [1.54, 1.807) is 19.2 Å². The first-order valence-corrected chi connectivity index (χ1v) is 20.0. The molecule has 3 aliphatic carbocycles. The summed E-state index contributed by atoms with van der Waals surface area (Å²) >= 11 is 6.52. The molecule has 58 heavy (non-hydrogen) atoms. The lowest BCUT2D eigenvalue weighted by Crippen LogP contribution is -2.35. The SMILES string of the molecule is Cn1nc(N)c2c(Cl)ccc(-c3ccc(C#CC(C)(C)S(=O)(=O)C4CC4)nc3C(Cc3cc(F)cc(F)c3)NC(=O)Cn3nc(C(F)(F)F)c4c3C(F)(F)[C@@H]3C[C@H]43)c21. The van der Waals surface area contributed by atoms with Gasteiger partial charge in [0.25, 0.3) is 5.92 Å². The van der Waals surface area contributed by atoms with Crippen molar-refractivity contribution in [3.8, 4) is 23.0 Å². The molecule has 0 saturated heterocycles. The number of benzene rings is 2. The Hall–Kier alpha value is -5.15. The number of amides is 1. The van der Waals surface area contributed by atoms with Crippen molar-refractivity contribution in [1.82, 2.24) is 29.9 Å². The summed E-state index contributed by atoms with van der Waals surface area (Å²) in [5.74, 6) is -3.37. The lowest BCUT2D eigenvalue weighted by molar-refractivity contribution is -0.142. The standard InChI is InChI=1S/C39H33ClF7N7O3S/c1-37(2,58(56,57)22-5-6-22)11-10-21-4-7-23(24-8-9-27(40)31-33(24)53(3)52-36(31)48)32(49-21)28(14-18-12-19(41)15-20(42)13-18)50-29(55)17-54-35-30(34(51-54)39(45,46)47)25-16-26(25)38(35,43)44/h4,7-9,12-13,15,22,25-26,28H,5-6,14,16-17H2,1-3H3,(H2,48,52)(H,50,55)/t25-,26+,28?/m0/s1.